The Morgan fingerprint density at radius 2 is 2.14 bits per heavy atom. The number of carbonyl (C=O) groups is 1. The molecule has 2 aromatic heterocycles. The molecule has 1 amide bonds. The lowest BCUT2D eigenvalue weighted by Crippen LogP contribution is -2.41. The van der Waals surface area contributed by atoms with Crippen LogP contribution in [0, 0.1) is 19.8 Å². The molecule has 2 aromatic rings. The highest BCUT2D eigenvalue weighted by Crippen LogP contribution is 2.20. The van der Waals surface area contributed by atoms with Gasteiger partial charge in [-0.15, -0.1) is 0 Å². The van der Waals surface area contributed by atoms with Gasteiger partial charge in [0, 0.05) is 24.6 Å². The van der Waals surface area contributed by atoms with Gasteiger partial charge in [0.1, 0.15) is 11.5 Å². The molecule has 0 unspecified atom stereocenters. The number of aryl methyl sites for hydroxylation is 2. The average Bonchev–Trinajstić information content (AvgIpc) is 3.10. The van der Waals surface area contributed by atoms with Crippen LogP contribution in [-0.2, 0) is 11.2 Å². The predicted molar refractivity (Wildman–Crippen MR) is 77.3 cm³/mol. The van der Waals surface area contributed by atoms with Crippen LogP contribution in [0.5, 0.6) is 0 Å². The summed E-state index contributed by atoms with van der Waals surface area (Å²) in [4.78, 5) is 20.4. The lowest BCUT2D eigenvalue weighted by atomic mass is 9.98. The molecule has 1 aliphatic rings. The van der Waals surface area contributed by atoms with Crippen molar-refractivity contribution in [2.75, 3.05) is 13.2 Å². The van der Waals surface area contributed by atoms with Crippen molar-refractivity contribution in [3.05, 3.63) is 41.3 Å². The molecule has 22 heavy (non-hydrogen) atoms. The Labute approximate surface area is 128 Å². The van der Waals surface area contributed by atoms with Gasteiger partial charge in [-0.1, -0.05) is 5.16 Å². The van der Waals surface area contributed by atoms with Gasteiger partial charge in [-0.2, -0.15) is 0 Å². The van der Waals surface area contributed by atoms with Crippen molar-refractivity contribution >= 4 is 5.91 Å². The summed E-state index contributed by atoms with van der Waals surface area (Å²) in [5.74, 6) is 0.735. The third kappa shape index (κ3) is 3.30. The van der Waals surface area contributed by atoms with Crippen molar-refractivity contribution < 1.29 is 14.1 Å². The maximum atomic E-state index is 12.2. The van der Waals surface area contributed by atoms with Gasteiger partial charge >= 0.3 is 0 Å². The predicted octanol–water partition coefficient (Wildman–Crippen LogP) is 1.07. The van der Waals surface area contributed by atoms with Gasteiger partial charge in [-0.25, -0.2) is 4.98 Å². The van der Waals surface area contributed by atoms with E-state index < -0.39 is 0 Å². The smallest absolute Gasteiger partial charge is 0.271 e. The maximum absolute atomic E-state index is 12.2. The van der Waals surface area contributed by atoms with Crippen LogP contribution in [0.4, 0.5) is 0 Å². The molecule has 0 saturated carbocycles. The zero-order valence-electron chi connectivity index (χ0n) is 12.6. The summed E-state index contributed by atoms with van der Waals surface area (Å²) >= 11 is 0. The van der Waals surface area contributed by atoms with E-state index in [0.717, 1.165) is 17.1 Å². The van der Waals surface area contributed by atoms with Gasteiger partial charge in [-0.05, 0) is 13.8 Å². The van der Waals surface area contributed by atoms with Crippen LogP contribution in [0.15, 0.2) is 23.0 Å². The standard InChI is InChI=1S/C15H18N4O3/c1-9-3-12(22-19-9)4-11-7-21-8-14(11)18-15(20)13-6-16-10(2)5-17-13/h3,5-6,11,14H,4,7-8H2,1-2H3,(H,18,20)/t11-,14+/m0/s1. The number of carbonyl (C=O) groups excluding carboxylic acids is 1. The zero-order chi connectivity index (χ0) is 15.5. The van der Waals surface area contributed by atoms with Gasteiger partial charge in [0.05, 0.1) is 36.8 Å². The summed E-state index contributed by atoms with van der Waals surface area (Å²) in [6, 6.07) is 1.84. The van der Waals surface area contributed by atoms with Crippen molar-refractivity contribution in [1.82, 2.24) is 20.4 Å². The molecule has 116 valence electrons. The van der Waals surface area contributed by atoms with Gasteiger partial charge in [-0.3, -0.25) is 9.78 Å². The van der Waals surface area contributed by atoms with Gasteiger partial charge in [0.25, 0.3) is 5.91 Å². The summed E-state index contributed by atoms with van der Waals surface area (Å²) < 4.78 is 10.7. The monoisotopic (exact) mass is 302 g/mol. The second kappa shape index (κ2) is 6.23. The Bertz CT molecular complexity index is 653. The van der Waals surface area contributed by atoms with Crippen LogP contribution in [0.2, 0.25) is 0 Å². The first-order chi connectivity index (χ1) is 10.6. The van der Waals surface area contributed by atoms with Crippen LogP contribution in [0.3, 0.4) is 0 Å². The van der Waals surface area contributed by atoms with Gasteiger partial charge < -0.3 is 14.6 Å². The van der Waals surface area contributed by atoms with Crippen molar-refractivity contribution in [3.63, 3.8) is 0 Å². The topological polar surface area (TPSA) is 90.1 Å². The number of nitrogens with one attached hydrogen (secondary N) is 1. The molecule has 1 N–H and O–H groups in total. The number of ether oxygens (including phenoxy) is 1. The second-order valence-electron chi connectivity index (χ2n) is 5.56. The Hall–Kier alpha value is -2.28. The molecule has 0 radical (unpaired) electrons. The van der Waals surface area contributed by atoms with E-state index >= 15 is 0 Å². The minimum atomic E-state index is -0.234. The highest BCUT2D eigenvalue weighted by Gasteiger charge is 2.31. The fourth-order valence-corrected chi connectivity index (χ4v) is 2.48. The van der Waals surface area contributed by atoms with Gasteiger partial charge in [0.15, 0.2) is 0 Å². The molecule has 2 atom stereocenters. The molecular formula is C15H18N4O3. The molecular weight excluding hydrogens is 284 g/mol. The Morgan fingerprint density at radius 3 is 2.82 bits per heavy atom. The summed E-state index contributed by atoms with van der Waals surface area (Å²) in [5.41, 5.74) is 1.94. The minimum Gasteiger partial charge on any atom is -0.379 e. The van der Waals surface area contributed by atoms with E-state index in [1.807, 2.05) is 19.9 Å². The van der Waals surface area contributed by atoms with Crippen LogP contribution in [0.1, 0.15) is 27.6 Å². The van der Waals surface area contributed by atoms with E-state index in [9.17, 15) is 4.79 Å². The zero-order valence-corrected chi connectivity index (χ0v) is 12.6. The van der Waals surface area contributed by atoms with E-state index in [4.69, 9.17) is 9.26 Å². The second-order valence-corrected chi connectivity index (χ2v) is 5.56. The number of nitrogens with zero attached hydrogens (tertiary/aromatic N) is 3. The number of hydrogen-bond acceptors (Lipinski definition) is 6. The fraction of sp³-hybridized carbons (Fsp3) is 0.467. The van der Waals surface area contributed by atoms with E-state index in [0.29, 0.717) is 25.3 Å². The lowest BCUT2D eigenvalue weighted by Gasteiger charge is -2.17. The molecule has 0 spiro atoms. The average molecular weight is 302 g/mol. The summed E-state index contributed by atoms with van der Waals surface area (Å²) in [7, 11) is 0. The molecule has 1 saturated heterocycles. The third-order valence-electron chi connectivity index (χ3n) is 3.67. The first kappa shape index (κ1) is 14.6. The van der Waals surface area contributed by atoms with Gasteiger partial charge in [0.2, 0.25) is 0 Å². The van der Waals surface area contributed by atoms with E-state index in [2.05, 4.69) is 20.4 Å². The van der Waals surface area contributed by atoms with Crippen LogP contribution in [0.25, 0.3) is 0 Å². The normalized spacial score (nSPS) is 21.0. The molecule has 1 aliphatic heterocycles. The summed E-state index contributed by atoms with van der Waals surface area (Å²) in [6.07, 6.45) is 3.75. The molecule has 7 nitrogen and oxygen atoms in total. The van der Waals surface area contributed by atoms with Crippen molar-refractivity contribution in [1.29, 1.82) is 0 Å². The Balaban J connectivity index is 1.63. The van der Waals surface area contributed by atoms with E-state index in [1.165, 1.54) is 6.20 Å². The summed E-state index contributed by atoms with van der Waals surface area (Å²) in [6.45, 7) is 4.79. The number of amides is 1. The number of hydrogen-bond donors (Lipinski definition) is 1. The molecule has 3 rings (SSSR count). The molecule has 3 heterocycles. The Morgan fingerprint density at radius 1 is 1.27 bits per heavy atom. The summed E-state index contributed by atoms with van der Waals surface area (Å²) in [5, 5.41) is 6.84. The molecule has 0 aromatic carbocycles. The first-order valence-electron chi connectivity index (χ1n) is 7.21. The van der Waals surface area contributed by atoms with Crippen molar-refractivity contribution in [2.45, 2.75) is 26.3 Å². The first-order valence-corrected chi connectivity index (χ1v) is 7.21. The maximum Gasteiger partial charge on any atom is 0.271 e. The van der Waals surface area contributed by atoms with Crippen LogP contribution >= 0.6 is 0 Å². The molecule has 1 fully saturated rings. The largest absolute Gasteiger partial charge is 0.379 e. The van der Waals surface area contributed by atoms with Crippen LogP contribution < -0.4 is 5.32 Å². The molecule has 0 aliphatic carbocycles. The highest BCUT2D eigenvalue weighted by atomic mass is 16.5. The van der Waals surface area contributed by atoms with E-state index in [-0.39, 0.29) is 17.9 Å². The highest BCUT2D eigenvalue weighted by molar-refractivity contribution is 5.92. The molecule has 0 bridgehead atoms. The van der Waals surface area contributed by atoms with Crippen molar-refractivity contribution in [2.24, 2.45) is 5.92 Å². The lowest BCUT2D eigenvalue weighted by molar-refractivity contribution is 0.0919. The molecule has 7 heteroatoms. The van der Waals surface area contributed by atoms with Crippen molar-refractivity contribution in [3.8, 4) is 0 Å². The van der Waals surface area contributed by atoms with Crippen LogP contribution in [-0.4, -0.2) is 40.3 Å². The Kier molecular flexibility index (Phi) is 4.15. The SMILES string of the molecule is Cc1cnc(C(=O)N[C@@H]2COC[C@@H]2Cc2cc(C)no2)cn1. The van der Waals surface area contributed by atoms with E-state index in [1.54, 1.807) is 6.20 Å². The third-order valence-corrected chi connectivity index (χ3v) is 3.67. The fourth-order valence-electron chi connectivity index (χ4n) is 2.48. The minimum absolute atomic E-state index is 0.0685. The quantitative estimate of drug-likeness (QED) is 0.908. The number of aromatic nitrogens is 3. The number of rotatable bonds is 4.